The monoisotopic (exact) mass is 175 g/mol. The minimum absolute atomic E-state index is 0.291. The summed E-state index contributed by atoms with van der Waals surface area (Å²) in [6.07, 6.45) is 2.98. The largest absolute Gasteiger partial charge is 0.410 e. The van der Waals surface area contributed by atoms with Crippen LogP contribution in [-0.2, 0) is 0 Å². The topological polar surface area (TPSA) is 52.5 Å². The normalized spacial score (nSPS) is 18.8. The minimum atomic E-state index is -2.75. The van der Waals surface area contributed by atoms with Crippen LogP contribution < -0.4 is 5.32 Å². The summed E-state index contributed by atoms with van der Waals surface area (Å²) in [5, 5.41) is 3.00. The van der Waals surface area contributed by atoms with E-state index < -0.39 is 8.56 Å². The van der Waals surface area contributed by atoms with Gasteiger partial charge in [0.15, 0.2) is 0 Å². The highest BCUT2D eigenvalue weighted by Gasteiger charge is 2.45. The SMILES string of the molecule is CNCCC[Si](O)(O)C1CC1. The molecule has 1 aliphatic carbocycles. The summed E-state index contributed by atoms with van der Waals surface area (Å²) in [5.41, 5.74) is 0.291. The van der Waals surface area contributed by atoms with E-state index in [-0.39, 0.29) is 0 Å². The van der Waals surface area contributed by atoms with Gasteiger partial charge in [-0.05, 0) is 38.9 Å². The predicted octanol–water partition coefficient (Wildman–Crippen LogP) is 0.187. The van der Waals surface area contributed by atoms with Crippen LogP contribution >= 0.6 is 0 Å². The molecular formula is C7H17NO2Si. The van der Waals surface area contributed by atoms with Gasteiger partial charge >= 0.3 is 8.56 Å². The fourth-order valence-corrected chi connectivity index (χ4v) is 3.47. The van der Waals surface area contributed by atoms with Crippen LogP contribution in [0.3, 0.4) is 0 Å². The molecule has 0 radical (unpaired) electrons. The third kappa shape index (κ3) is 2.90. The summed E-state index contributed by atoms with van der Waals surface area (Å²) < 4.78 is 0. The molecule has 1 aliphatic rings. The molecular weight excluding hydrogens is 158 g/mol. The van der Waals surface area contributed by atoms with E-state index in [1.165, 1.54) is 0 Å². The Morgan fingerprint density at radius 2 is 2.09 bits per heavy atom. The molecule has 0 aliphatic heterocycles. The second kappa shape index (κ2) is 3.67. The molecule has 4 heteroatoms. The van der Waals surface area contributed by atoms with E-state index in [4.69, 9.17) is 0 Å². The van der Waals surface area contributed by atoms with Gasteiger partial charge in [-0.2, -0.15) is 0 Å². The Morgan fingerprint density at radius 3 is 2.55 bits per heavy atom. The Balaban J connectivity index is 2.12. The lowest BCUT2D eigenvalue weighted by molar-refractivity contribution is 0.352. The smallest absolute Gasteiger partial charge is 0.336 e. The average Bonchev–Trinajstić information content (AvgIpc) is 2.68. The van der Waals surface area contributed by atoms with Crippen LogP contribution in [0.2, 0.25) is 11.6 Å². The summed E-state index contributed by atoms with van der Waals surface area (Å²) in [6, 6.07) is 0.637. The van der Waals surface area contributed by atoms with Crippen LogP contribution in [0.25, 0.3) is 0 Å². The highest BCUT2D eigenvalue weighted by molar-refractivity contribution is 6.67. The number of nitrogens with one attached hydrogen (secondary N) is 1. The van der Waals surface area contributed by atoms with Crippen molar-refractivity contribution in [1.29, 1.82) is 0 Å². The van der Waals surface area contributed by atoms with E-state index >= 15 is 0 Å². The maximum Gasteiger partial charge on any atom is 0.336 e. The van der Waals surface area contributed by atoms with Crippen LogP contribution in [0, 0.1) is 0 Å². The standard InChI is InChI=1S/C7H17NO2Si/c1-8-5-2-6-11(9,10)7-3-4-7/h7-10H,2-6H2,1H3. The van der Waals surface area contributed by atoms with Gasteiger partial charge in [0.2, 0.25) is 0 Å². The van der Waals surface area contributed by atoms with Gasteiger partial charge in [-0.15, -0.1) is 0 Å². The van der Waals surface area contributed by atoms with Gasteiger partial charge in [-0.3, -0.25) is 0 Å². The van der Waals surface area contributed by atoms with E-state index in [2.05, 4.69) is 5.32 Å². The Labute approximate surface area is 68.7 Å². The van der Waals surface area contributed by atoms with Crippen molar-refractivity contribution in [2.45, 2.75) is 30.8 Å². The van der Waals surface area contributed by atoms with Crippen molar-refractivity contribution in [1.82, 2.24) is 5.32 Å². The van der Waals surface area contributed by atoms with Crippen molar-refractivity contribution < 1.29 is 9.59 Å². The molecule has 0 aromatic carbocycles. The van der Waals surface area contributed by atoms with Crippen molar-refractivity contribution in [2.24, 2.45) is 0 Å². The number of hydrogen-bond acceptors (Lipinski definition) is 3. The highest BCUT2D eigenvalue weighted by Crippen LogP contribution is 2.44. The maximum atomic E-state index is 9.55. The zero-order valence-electron chi connectivity index (χ0n) is 7.01. The van der Waals surface area contributed by atoms with Crippen LogP contribution in [0.5, 0.6) is 0 Å². The van der Waals surface area contributed by atoms with Crippen molar-refractivity contribution in [2.75, 3.05) is 13.6 Å². The lowest BCUT2D eigenvalue weighted by atomic mass is 10.5. The molecule has 11 heavy (non-hydrogen) atoms. The van der Waals surface area contributed by atoms with Gasteiger partial charge in [0.05, 0.1) is 0 Å². The summed E-state index contributed by atoms with van der Waals surface area (Å²) >= 11 is 0. The first-order chi connectivity index (χ1) is 5.17. The fourth-order valence-electron chi connectivity index (χ4n) is 1.28. The third-order valence-electron chi connectivity index (χ3n) is 2.20. The third-order valence-corrected chi connectivity index (χ3v) is 5.18. The molecule has 0 aromatic rings. The Kier molecular flexibility index (Phi) is 3.06. The average molecular weight is 175 g/mol. The second-order valence-corrected chi connectivity index (χ2v) is 6.43. The Bertz CT molecular complexity index is 126. The highest BCUT2D eigenvalue weighted by atomic mass is 28.4. The first-order valence-electron chi connectivity index (χ1n) is 4.26. The molecule has 0 unspecified atom stereocenters. The molecule has 1 rings (SSSR count). The van der Waals surface area contributed by atoms with Crippen molar-refractivity contribution in [3.05, 3.63) is 0 Å². The molecule has 0 amide bonds. The summed E-state index contributed by atoms with van der Waals surface area (Å²) in [5.74, 6) is 0. The van der Waals surface area contributed by atoms with Gasteiger partial charge in [-0.1, -0.05) is 0 Å². The molecule has 3 N–H and O–H groups in total. The van der Waals surface area contributed by atoms with Crippen LogP contribution in [0.4, 0.5) is 0 Å². The number of rotatable bonds is 5. The second-order valence-electron chi connectivity index (χ2n) is 3.36. The molecule has 0 spiro atoms. The lowest BCUT2D eigenvalue weighted by Gasteiger charge is -2.16. The Hall–Kier alpha value is 0.0969. The molecule has 0 bridgehead atoms. The zero-order chi connectivity index (χ0) is 8.32. The minimum Gasteiger partial charge on any atom is -0.410 e. The van der Waals surface area contributed by atoms with Crippen molar-refractivity contribution in [3.8, 4) is 0 Å². The van der Waals surface area contributed by atoms with Crippen LogP contribution in [0.1, 0.15) is 19.3 Å². The molecule has 3 nitrogen and oxygen atoms in total. The van der Waals surface area contributed by atoms with E-state index in [0.29, 0.717) is 11.6 Å². The lowest BCUT2D eigenvalue weighted by Crippen LogP contribution is -2.35. The molecule has 1 fully saturated rings. The first-order valence-corrected chi connectivity index (χ1v) is 6.44. The first kappa shape index (κ1) is 9.19. The van der Waals surface area contributed by atoms with Gasteiger partial charge < -0.3 is 14.9 Å². The van der Waals surface area contributed by atoms with E-state index in [0.717, 1.165) is 25.8 Å². The molecule has 66 valence electrons. The molecule has 1 saturated carbocycles. The predicted molar refractivity (Wildman–Crippen MR) is 46.5 cm³/mol. The summed E-state index contributed by atoms with van der Waals surface area (Å²) in [4.78, 5) is 19.1. The molecule has 0 aromatic heterocycles. The summed E-state index contributed by atoms with van der Waals surface area (Å²) in [6.45, 7) is 0.891. The maximum absolute atomic E-state index is 9.55. The Morgan fingerprint density at radius 1 is 1.45 bits per heavy atom. The van der Waals surface area contributed by atoms with Crippen molar-refractivity contribution in [3.63, 3.8) is 0 Å². The van der Waals surface area contributed by atoms with Gasteiger partial charge in [0, 0.05) is 5.54 Å². The molecule has 0 heterocycles. The quantitative estimate of drug-likeness (QED) is 0.413. The molecule has 0 atom stereocenters. The van der Waals surface area contributed by atoms with Crippen molar-refractivity contribution >= 4 is 8.56 Å². The summed E-state index contributed by atoms with van der Waals surface area (Å²) in [7, 11) is -0.863. The van der Waals surface area contributed by atoms with Crippen LogP contribution in [0.15, 0.2) is 0 Å². The van der Waals surface area contributed by atoms with E-state index in [9.17, 15) is 9.59 Å². The fraction of sp³-hybridized carbons (Fsp3) is 1.00. The van der Waals surface area contributed by atoms with E-state index in [1.807, 2.05) is 7.05 Å². The molecule has 0 saturated heterocycles. The zero-order valence-corrected chi connectivity index (χ0v) is 8.01. The van der Waals surface area contributed by atoms with Gasteiger partial charge in [0.1, 0.15) is 0 Å². The van der Waals surface area contributed by atoms with Crippen LogP contribution in [-0.4, -0.2) is 31.7 Å². The number of hydrogen-bond donors (Lipinski definition) is 3. The van der Waals surface area contributed by atoms with Gasteiger partial charge in [0.25, 0.3) is 0 Å². The van der Waals surface area contributed by atoms with E-state index in [1.54, 1.807) is 0 Å². The van der Waals surface area contributed by atoms with Gasteiger partial charge in [-0.25, -0.2) is 0 Å².